The molecule has 1 rings (SSSR count). The summed E-state index contributed by atoms with van der Waals surface area (Å²) in [6.45, 7) is 13.6. The molecule has 0 fully saturated rings. The normalized spacial score (nSPS) is 14.9. The van der Waals surface area contributed by atoms with Crippen LogP contribution in [0.4, 0.5) is 0 Å². The predicted octanol–water partition coefficient (Wildman–Crippen LogP) is 5.29. The molecule has 1 aromatic rings. The van der Waals surface area contributed by atoms with Gasteiger partial charge in [-0.15, -0.1) is 0 Å². The Balaban J connectivity index is 2.50. The Hall–Kier alpha value is -0.820. The maximum Gasteiger partial charge on any atom is 0.0294 e. The van der Waals surface area contributed by atoms with Crippen molar-refractivity contribution in [2.45, 2.75) is 72.4 Å². The summed E-state index contributed by atoms with van der Waals surface area (Å²) in [6, 6.07) is 10.1. The van der Waals surface area contributed by atoms with Crippen molar-refractivity contribution in [1.29, 1.82) is 0 Å². The lowest BCUT2D eigenvalue weighted by Gasteiger charge is -2.21. The molecule has 0 aliphatic heterocycles. The molecule has 0 bridgehead atoms. The highest BCUT2D eigenvalue weighted by Gasteiger charge is 2.10. The third-order valence-corrected chi connectivity index (χ3v) is 3.81. The van der Waals surface area contributed by atoms with Crippen molar-refractivity contribution in [2.24, 2.45) is 5.92 Å². The molecule has 1 heteroatoms. The first-order valence-electron chi connectivity index (χ1n) is 7.76. The Morgan fingerprint density at radius 2 is 1.32 bits per heavy atom. The summed E-state index contributed by atoms with van der Waals surface area (Å²) >= 11 is 0. The third kappa shape index (κ3) is 5.78. The first-order chi connectivity index (χ1) is 8.90. The number of rotatable bonds is 7. The fraction of sp³-hybridized carbons (Fsp3) is 0.667. The maximum atomic E-state index is 3.70. The second-order valence-corrected chi connectivity index (χ2v) is 6.58. The van der Waals surface area contributed by atoms with Crippen LogP contribution in [0.15, 0.2) is 24.3 Å². The van der Waals surface area contributed by atoms with Crippen LogP contribution in [-0.2, 0) is 0 Å². The highest BCUT2D eigenvalue weighted by molar-refractivity contribution is 5.26. The van der Waals surface area contributed by atoms with E-state index in [0.717, 1.165) is 5.92 Å². The van der Waals surface area contributed by atoms with Gasteiger partial charge in [0, 0.05) is 12.1 Å². The minimum atomic E-state index is 0.434. The summed E-state index contributed by atoms with van der Waals surface area (Å²) in [4.78, 5) is 0. The molecule has 1 nitrogen and oxygen atoms in total. The van der Waals surface area contributed by atoms with Crippen LogP contribution in [0.25, 0.3) is 0 Å². The Morgan fingerprint density at radius 3 is 1.79 bits per heavy atom. The van der Waals surface area contributed by atoms with E-state index in [9.17, 15) is 0 Å². The lowest BCUT2D eigenvalue weighted by Crippen LogP contribution is -2.29. The van der Waals surface area contributed by atoms with Crippen LogP contribution >= 0.6 is 0 Å². The van der Waals surface area contributed by atoms with Crippen molar-refractivity contribution in [2.75, 3.05) is 0 Å². The molecule has 0 saturated heterocycles. The molecule has 1 N–H and O–H groups in total. The lowest BCUT2D eigenvalue weighted by atomic mass is 9.98. The molecule has 2 atom stereocenters. The molecule has 0 amide bonds. The largest absolute Gasteiger partial charge is 0.308 e. The first kappa shape index (κ1) is 16.2. The zero-order valence-corrected chi connectivity index (χ0v) is 13.5. The van der Waals surface area contributed by atoms with E-state index >= 15 is 0 Å². The van der Waals surface area contributed by atoms with Crippen molar-refractivity contribution < 1.29 is 0 Å². The lowest BCUT2D eigenvalue weighted by molar-refractivity contribution is 0.417. The van der Waals surface area contributed by atoms with Crippen LogP contribution < -0.4 is 5.32 Å². The van der Waals surface area contributed by atoms with E-state index in [1.807, 2.05) is 0 Å². The fourth-order valence-corrected chi connectivity index (χ4v) is 2.36. The molecule has 2 unspecified atom stereocenters. The highest BCUT2D eigenvalue weighted by atomic mass is 14.9. The summed E-state index contributed by atoms with van der Waals surface area (Å²) in [5.74, 6) is 1.41. The summed E-state index contributed by atoms with van der Waals surface area (Å²) < 4.78 is 0. The van der Waals surface area contributed by atoms with Crippen LogP contribution in [0.3, 0.4) is 0 Å². The Labute approximate surface area is 119 Å². The Bertz CT molecular complexity index is 350. The van der Waals surface area contributed by atoms with Gasteiger partial charge >= 0.3 is 0 Å². The summed E-state index contributed by atoms with van der Waals surface area (Å²) in [5.41, 5.74) is 2.81. The molecular formula is C18H31N. The van der Waals surface area contributed by atoms with Crippen LogP contribution in [0.1, 0.15) is 77.5 Å². The average Bonchev–Trinajstić information content (AvgIpc) is 2.36. The molecule has 0 saturated carbocycles. The van der Waals surface area contributed by atoms with E-state index in [2.05, 4.69) is 71.1 Å². The van der Waals surface area contributed by atoms with Gasteiger partial charge in [0.15, 0.2) is 0 Å². The minimum Gasteiger partial charge on any atom is -0.308 e. The van der Waals surface area contributed by atoms with Gasteiger partial charge < -0.3 is 5.32 Å². The van der Waals surface area contributed by atoms with Crippen molar-refractivity contribution in [1.82, 2.24) is 5.32 Å². The molecule has 0 heterocycles. The van der Waals surface area contributed by atoms with E-state index in [4.69, 9.17) is 0 Å². The maximum absolute atomic E-state index is 3.70. The van der Waals surface area contributed by atoms with Gasteiger partial charge in [-0.2, -0.15) is 0 Å². The standard InChI is InChI=1S/C18H31N/c1-13(2)7-8-15(5)19-16(6)18-11-9-17(10-12-18)14(3)4/h9-16,19H,7-8H2,1-6H3. The molecule has 0 radical (unpaired) electrons. The first-order valence-corrected chi connectivity index (χ1v) is 7.76. The third-order valence-electron chi connectivity index (χ3n) is 3.81. The smallest absolute Gasteiger partial charge is 0.0294 e. The van der Waals surface area contributed by atoms with Gasteiger partial charge in [0.1, 0.15) is 0 Å². The van der Waals surface area contributed by atoms with Crippen molar-refractivity contribution in [3.63, 3.8) is 0 Å². The molecule has 0 aliphatic rings. The zero-order valence-electron chi connectivity index (χ0n) is 13.5. The SMILES string of the molecule is CC(C)CCC(C)NC(C)c1ccc(C(C)C)cc1. The van der Waals surface area contributed by atoms with Crippen molar-refractivity contribution >= 4 is 0 Å². The molecule has 19 heavy (non-hydrogen) atoms. The average molecular weight is 261 g/mol. The van der Waals surface area contributed by atoms with E-state index in [0.29, 0.717) is 18.0 Å². The molecule has 108 valence electrons. The minimum absolute atomic E-state index is 0.434. The molecule has 0 spiro atoms. The second kappa shape index (κ2) is 7.69. The summed E-state index contributed by atoms with van der Waals surface area (Å²) in [5, 5.41) is 3.70. The van der Waals surface area contributed by atoms with Gasteiger partial charge in [-0.3, -0.25) is 0 Å². The Kier molecular flexibility index (Phi) is 6.57. The van der Waals surface area contributed by atoms with Gasteiger partial charge in [0.25, 0.3) is 0 Å². The van der Waals surface area contributed by atoms with Crippen LogP contribution in [0.5, 0.6) is 0 Å². The Morgan fingerprint density at radius 1 is 0.789 bits per heavy atom. The van der Waals surface area contributed by atoms with E-state index in [-0.39, 0.29) is 0 Å². The summed E-state index contributed by atoms with van der Waals surface area (Å²) in [7, 11) is 0. The number of nitrogens with one attached hydrogen (secondary N) is 1. The van der Waals surface area contributed by atoms with Gasteiger partial charge in [-0.25, -0.2) is 0 Å². The molecular weight excluding hydrogens is 230 g/mol. The van der Waals surface area contributed by atoms with Crippen molar-refractivity contribution in [3.05, 3.63) is 35.4 Å². The van der Waals surface area contributed by atoms with Gasteiger partial charge in [-0.1, -0.05) is 52.0 Å². The topological polar surface area (TPSA) is 12.0 Å². The number of hydrogen-bond donors (Lipinski definition) is 1. The number of benzene rings is 1. The van der Waals surface area contributed by atoms with E-state index in [1.54, 1.807) is 0 Å². The fourth-order valence-electron chi connectivity index (χ4n) is 2.36. The monoisotopic (exact) mass is 261 g/mol. The molecule has 0 aliphatic carbocycles. The van der Waals surface area contributed by atoms with Crippen LogP contribution in [-0.4, -0.2) is 6.04 Å². The van der Waals surface area contributed by atoms with Crippen molar-refractivity contribution in [3.8, 4) is 0 Å². The highest BCUT2D eigenvalue weighted by Crippen LogP contribution is 2.19. The number of hydrogen-bond acceptors (Lipinski definition) is 1. The van der Waals surface area contributed by atoms with Crippen LogP contribution in [0.2, 0.25) is 0 Å². The van der Waals surface area contributed by atoms with E-state index < -0.39 is 0 Å². The molecule has 0 aromatic heterocycles. The van der Waals surface area contributed by atoms with Gasteiger partial charge in [-0.05, 0) is 49.7 Å². The predicted molar refractivity (Wildman–Crippen MR) is 85.6 cm³/mol. The zero-order chi connectivity index (χ0) is 14.4. The summed E-state index contributed by atoms with van der Waals surface area (Å²) in [6.07, 6.45) is 2.55. The quantitative estimate of drug-likeness (QED) is 0.703. The van der Waals surface area contributed by atoms with Gasteiger partial charge in [0.2, 0.25) is 0 Å². The molecule has 1 aromatic carbocycles. The van der Waals surface area contributed by atoms with E-state index in [1.165, 1.54) is 24.0 Å². The van der Waals surface area contributed by atoms with Gasteiger partial charge in [0.05, 0.1) is 0 Å². The second-order valence-electron chi connectivity index (χ2n) is 6.58. The van der Waals surface area contributed by atoms with Crippen LogP contribution in [0, 0.1) is 5.92 Å².